The summed E-state index contributed by atoms with van der Waals surface area (Å²) in [6, 6.07) is 3.57. The van der Waals surface area contributed by atoms with Crippen LogP contribution in [0.3, 0.4) is 0 Å². The van der Waals surface area contributed by atoms with E-state index >= 15 is 0 Å². The van der Waals surface area contributed by atoms with Crippen LogP contribution in [0.15, 0.2) is 29.3 Å². The molecule has 0 unspecified atom stereocenters. The van der Waals surface area contributed by atoms with Gasteiger partial charge in [0.05, 0.1) is 17.9 Å². The highest BCUT2D eigenvalue weighted by atomic mass is 16.1. The van der Waals surface area contributed by atoms with Crippen molar-refractivity contribution in [2.75, 3.05) is 18.0 Å². The van der Waals surface area contributed by atoms with Gasteiger partial charge in [0.25, 0.3) is 5.56 Å². The molecule has 24 heavy (non-hydrogen) atoms. The fraction of sp³-hybridized carbons (Fsp3) is 0.556. The van der Waals surface area contributed by atoms with Crippen molar-refractivity contribution in [2.45, 2.75) is 44.1 Å². The molecule has 0 N–H and O–H groups in total. The zero-order chi connectivity index (χ0) is 16.1. The highest BCUT2D eigenvalue weighted by Gasteiger charge is 2.35. The molecule has 0 bridgehead atoms. The molecule has 1 saturated heterocycles. The quantitative estimate of drug-likeness (QED) is 0.841. The highest BCUT2D eigenvalue weighted by Crippen LogP contribution is 2.43. The summed E-state index contributed by atoms with van der Waals surface area (Å²) in [4.78, 5) is 23.4. The SMILES string of the molecule is O=c1ccc(C2CC2)nn1CC1CN(c2nccnc2C2CC2)C1. The largest absolute Gasteiger partial charge is 0.354 e. The number of hydrogen-bond donors (Lipinski definition) is 0. The number of hydrogen-bond acceptors (Lipinski definition) is 5. The monoisotopic (exact) mass is 323 g/mol. The van der Waals surface area contributed by atoms with Crippen LogP contribution >= 0.6 is 0 Å². The van der Waals surface area contributed by atoms with Crippen molar-refractivity contribution in [3.8, 4) is 0 Å². The molecule has 6 heteroatoms. The van der Waals surface area contributed by atoms with Crippen LogP contribution in [-0.2, 0) is 6.54 Å². The van der Waals surface area contributed by atoms with Crippen LogP contribution < -0.4 is 10.5 Å². The maximum absolute atomic E-state index is 12.1. The first kappa shape index (κ1) is 14.1. The molecule has 2 saturated carbocycles. The van der Waals surface area contributed by atoms with Crippen LogP contribution in [0.1, 0.15) is 48.9 Å². The Morgan fingerprint density at radius 3 is 2.50 bits per heavy atom. The Hall–Kier alpha value is -2.24. The van der Waals surface area contributed by atoms with Crippen molar-refractivity contribution >= 4 is 5.82 Å². The summed E-state index contributed by atoms with van der Waals surface area (Å²) < 4.78 is 1.66. The van der Waals surface area contributed by atoms with E-state index in [0.29, 0.717) is 24.3 Å². The van der Waals surface area contributed by atoms with Crippen LogP contribution in [0, 0.1) is 5.92 Å². The summed E-state index contributed by atoms with van der Waals surface area (Å²) in [5.74, 6) is 2.68. The molecule has 0 atom stereocenters. The van der Waals surface area contributed by atoms with Gasteiger partial charge >= 0.3 is 0 Å². The van der Waals surface area contributed by atoms with Crippen LogP contribution in [-0.4, -0.2) is 32.8 Å². The number of aromatic nitrogens is 4. The fourth-order valence-corrected chi connectivity index (χ4v) is 3.53. The topological polar surface area (TPSA) is 63.9 Å². The first-order valence-electron chi connectivity index (χ1n) is 8.92. The standard InChI is InChI=1S/C18H21N5O/c24-16-6-5-15(13-1-2-13)21-23(16)11-12-9-22(10-12)18-17(14-3-4-14)19-7-8-20-18/h5-8,12-14H,1-4,9-11H2. The number of rotatable bonds is 5. The van der Waals surface area contributed by atoms with Crippen LogP contribution in [0.5, 0.6) is 0 Å². The minimum Gasteiger partial charge on any atom is -0.354 e. The van der Waals surface area contributed by atoms with Gasteiger partial charge in [-0.25, -0.2) is 9.67 Å². The molecule has 0 amide bonds. The predicted octanol–water partition coefficient (Wildman–Crippen LogP) is 1.92. The third kappa shape index (κ3) is 2.60. The van der Waals surface area contributed by atoms with Crippen LogP contribution in [0.2, 0.25) is 0 Å². The second kappa shape index (κ2) is 5.40. The second-order valence-corrected chi connectivity index (χ2v) is 7.36. The normalized spacial score (nSPS) is 20.9. The zero-order valence-electron chi connectivity index (χ0n) is 13.6. The molecule has 1 aliphatic heterocycles. The molecule has 3 fully saturated rings. The molecule has 124 valence electrons. The van der Waals surface area contributed by atoms with Crippen molar-refractivity contribution in [1.29, 1.82) is 0 Å². The summed E-state index contributed by atoms with van der Waals surface area (Å²) in [5, 5.41) is 4.57. The fourth-order valence-electron chi connectivity index (χ4n) is 3.53. The van der Waals surface area contributed by atoms with Gasteiger partial charge in [0.2, 0.25) is 0 Å². The van der Waals surface area contributed by atoms with Crippen LogP contribution in [0.25, 0.3) is 0 Å². The maximum Gasteiger partial charge on any atom is 0.266 e. The molecule has 0 spiro atoms. The van der Waals surface area contributed by atoms with Crippen molar-refractivity contribution in [3.63, 3.8) is 0 Å². The molecule has 0 aromatic carbocycles. The van der Waals surface area contributed by atoms with E-state index in [1.807, 2.05) is 6.07 Å². The van der Waals surface area contributed by atoms with E-state index in [4.69, 9.17) is 0 Å². The lowest BCUT2D eigenvalue weighted by Gasteiger charge is -2.40. The van der Waals surface area contributed by atoms with Gasteiger partial charge in [-0.15, -0.1) is 0 Å². The Morgan fingerprint density at radius 2 is 1.75 bits per heavy atom. The molecule has 5 rings (SSSR count). The van der Waals surface area contributed by atoms with Gasteiger partial charge in [-0.05, 0) is 31.7 Å². The Kier molecular flexibility index (Phi) is 3.18. The number of nitrogens with zero attached hydrogens (tertiary/aromatic N) is 5. The Bertz CT molecular complexity index is 818. The average Bonchev–Trinajstić information content (AvgIpc) is 3.45. The molecular formula is C18H21N5O. The lowest BCUT2D eigenvalue weighted by molar-refractivity contribution is 0.330. The van der Waals surface area contributed by atoms with Crippen molar-refractivity contribution in [3.05, 3.63) is 46.3 Å². The van der Waals surface area contributed by atoms with Crippen molar-refractivity contribution in [1.82, 2.24) is 19.7 Å². The predicted molar refractivity (Wildman–Crippen MR) is 90.2 cm³/mol. The summed E-state index contributed by atoms with van der Waals surface area (Å²) >= 11 is 0. The van der Waals surface area contributed by atoms with Gasteiger partial charge in [-0.1, -0.05) is 0 Å². The lowest BCUT2D eigenvalue weighted by Crippen LogP contribution is -2.50. The van der Waals surface area contributed by atoms with E-state index in [1.54, 1.807) is 23.1 Å². The van der Waals surface area contributed by atoms with E-state index < -0.39 is 0 Å². The Labute approximate surface area is 140 Å². The van der Waals surface area contributed by atoms with E-state index in [1.165, 1.54) is 25.7 Å². The first-order chi connectivity index (χ1) is 11.8. The first-order valence-corrected chi connectivity index (χ1v) is 8.92. The van der Waals surface area contributed by atoms with E-state index in [-0.39, 0.29) is 5.56 Å². The maximum atomic E-state index is 12.1. The highest BCUT2D eigenvalue weighted by molar-refractivity contribution is 5.48. The average molecular weight is 323 g/mol. The van der Waals surface area contributed by atoms with Gasteiger partial charge in [0.1, 0.15) is 0 Å². The molecule has 3 heterocycles. The summed E-state index contributed by atoms with van der Waals surface area (Å²) in [5.41, 5.74) is 2.24. The van der Waals surface area contributed by atoms with Gasteiger partial charge < -0.3 is 4.90 Å². The molecular weight excluding hydrogens is 302 g/mol. The lowest BCUT2D eigenvalue weighted by atomic mass is 9.99. The number of anilines is 1. The molecule has 3 aliphatic rings. The van der Waals surface area contributed by atoms with Gasteiger partial charge in [0.15, 0.2) is 5.82 Å². The minimum atomic E-state index is 0.0102. The summed E-state index contributed by atoms with van der Waals surface area (Å²) in [6.07, 6.45) is 8.45. The van der Waals surface area contributed by atoms with Crippen LogP contribution in [0.4, 0.5) is 5.82 Å². The third-order valence-electron chi connectivity index (χ3n) is 5.24. The minimum absolute atomic E-state index is 0.0102. The molecule has 2 aliphatic carbocycles. The van der Waals surface area contributed by atoms with E-state index in [9.17, 15) is 4.79 Å². The smallest absolute Gasteiger partial charge is 0.266 e. The molecule has 0 radical (unpaired) electrons. The molecule has 2 aromatic rings. The van der Waals surface area contributed by atoms with Crippen molar-refractivity contribution < 1.29 is 0 Å². The second-order valence-electron chi connectivity index (χ2n) is 7.36. The molecule has 6 nitrogen and oxygen atoms in total. The van der Waals surface area contributed by atoms with E-state index in [0.717, 1.165) is 30.3 Å². The van der Waals surface area contributed by atoms with Gasteiger partial charge in [0, 0.05) is 49.3 Å². The van der Waals surface area contributed by atoms with Gasteiger partial charge in [-0.3, -0.25) is 9.78 Å². The Balaban J connectivity index is 1.27. The Morgan fingerprint density at radius 1 is 1.00 bits per heavy atom. The van der Waals surface area contributed by atoms with E-state index in [2.05, 4.69) is 20.0 Å². The van der Waals surface area contributed by atoms with Gasteiger partial charge in [-0.2, -0.15) is 5.10 Å². The third-order valence-corrected chi connectivity index (χ3v) is 5.24. The zero-order valence-corrected chi connectivity index (χ0v) is 13.6. The summed E-state index contributed by atoms with van der Waals surface area (Å²) in [6.45, 7) is 2.56. The molecule has 2 aromatic heterocycles. The van der Waals surface area contributed by atoms with Crippen molar-refractivity contribution in [2.24, 2.45) is 5.92 Å². The summed E-state index contributed by atoms with van der Waals surface area (Å²) in [7, 11) is 0.